The Labute approximate surface area is 205 Å². The van der Waals surface area contributed by atoms with Gasteiger partial charge in [-0.1, -0.05) is 114 Å². The molecular weight excluding hydrogens is 440 g/mol. The van der Waals surface area contributed by atoms with Gasteiger partial charge in [0.05, 0.1) is 17.0 Å². The molecule has 0 radical (unpaired) electrons. The van der Waals surface area contributed by atoms with Crippen LogP contribution in [0.3, 0.4) is 0 Å². The van der Waals surface area contributed by atoms with Gasteiger partial charge in [-0.3, -0.25) is 0 Å². The van der Waals surface area contributed by atoms with Crippen LogP contribution in [0.25, 0.3) is 0 Å². The van der Waals surface area contributed by atoms with E-state index in [0.29, 0.717) is 10.8 Å². The first-order valence-electron chi connectivity index (χ1n) is 12.1. The highest BCUT2D eigenvalue weighted by Gasteiger charge is 2.32. The fourth-order valence-electron chi connectivity index (χ4n) is 4.30. The number of sulfonamides is 1. The summed E-state index contributed by atoms with van der Waals surface area (Å²) < 4.78 is 31.2. The van der Waals surface area contributed by atoms with Crippen LogP contribution in [0.4, 0.5) is 0 Å². The molecule has 0 aromatic heterocycles. The van der Waals surface area contributed by atoms with Crippen LogP contribution in [-0.4, -0.2) is 8.42 Å². The quantitative estimate of drug-likeness (QED) is 0.356. The molecule has 5 heteroatoms. The Balaban J connectivity index is 2.17. The van der Waals surface area contributed by atoms with Gasteiger partial charge in [0.1, 0.15) is 0 Å². The minimum atomic E-state index is -3.88. The summed E-state index contributed by atoms with van der Waals surface area (Å²) in [5, 5.41) is 0. The number of hydrogen-bond acceptors (Lipinski definition) is 3. The highest BCUT2D eigenvalue weighted by Crippen LogP contribution is 2.37. The first-order chi connectivity index (χ1) is 16.0. The lowest BCUT2D eigenvalue weighted by molar-refractivity contribution is 0.502. The second kappa shape index (κ2) is 10.9. The number of hydrogen-bond donors (Lipinski definition) is 2. The van der Waals surface area contributed by atoms with E-state index in [-0.39, 0.29) is 11.8 Å². The monoisotopic (exact) mass is 478 g/mol. The maximum atomic E-state index is 14.1. The predicted octanol–water partition coefficient (Wildman–Crippen LogP) is 6.78. The second-order valence-corrected chi connectivity index (χ2v) is 11.6. The predicted molar refractivity (Wildman–Crippen MR) is 142 cm³/mol. The van der Waals surface area contributed by atoms with E-state index in [1.165, 1.54) is 0 Å². The second-order valence-electron chi connectivity index (χ2n) is 9.94. The van der Waals surface area contributed by atoms with E-state index >= 15 is 0 Å². The summed E-state index contributed by atoms with van der Waals surface area (Å²) in [6, 6.07) is 22.2. The van der Waals surface area contributed by atoms with E-state index in [1.807, 2.05) is 88.4 Å². The number of rotatable bonds is 9. The van der Waals surface area contributed by atoms with Crippen molar-refractivity contribution in [2.45, 2.75) is 76.3 Å². The van der Waals surface area contributed by atoms with E-state index in [2.05, 4.69) is 30.7 Å². The minimum absolute atomic E-state index is 0.0562. The van der Waals surface area contributed by atoms with Crippen LogP contribution in [-0.2, 0) is 10.0 Å². The fourth-order valence-corrected chi connectivity index (χ4v) is 6.25. The Kier molecular flexibility index (Phi) is 8.34. The topological polar surface area (TPSA) is 72.2 Å². The molecule has 0 saturated heterocycles. The van der Waals surface area contributed by atoms with Gasteiger partial charge >= 0.3 is 0 Å². The zero-order chi connectivity index (χ0) is 25.0. The number of nitrogens with one attached hydrogen (secondary N) is 1. The molecule has 0 fully saturated rings. The van der Waals surface area contributed by atoms with Crippen molar-refractivity contribution in [2.24, 2.45) is 5.73 Å². The zero-order valence-electron chi connectivity index (χ0n) is 21.1. The number of nitrogens with two attached hydrogens (primary N) is 1. The molecular formula is C29H38N2O2S. The maximum Gasteiger partial charge on any atom is 0.241 e. The molecule has 3 N–H and O–H groups in total. The molecule has 0 saturated carbocycles. The molecule has 4 nitrogen and oxygen atoms in total. The molecule has 3 aromatic carbocycles. The van der Waals surface area contributed by atoms with E-state index in [1.54, 1.807) is 0 Å². The molecule has 0 aliphatic carbocycles. The summed E-state index contributed by atoms with van der Waals surface area (Å²) in [5.41, 5.74) is 11.3. The normalized spacial score (nSPS) is 14.1. The molecule has 0 heterocycles. The smallest absolute Gasteiger partial charge is 0.241 e. The average Bonchev–Trinajstić information content (AvgIpc) is 2.82. The molecule has 0 aliphatic heterocycles. The van der Waals surface area contributed by atoms with Crippen LogP contribution >= 0.6 is 0 Å². The van der Waals surface area contributed by atoms with Gasteiger partial charge in [-0.05, 0) is 45.6 Å². The largest absolute Gasteiger partial charge is 0.322 e. The van der Waals surface area contributed by atoms with Crippen molar-refractivity contribution >= 4 is 10.0 Å². The molecule has 0 aliphatic rings. The van der Waals surface area contributed by atoms with Gasteiger partial charge in [0.25, 0.3) is 0 Å². The van der Waals surface area contributed by atoms with Crippen molar-refractivity contribution in [3.05, 3.63) is 101 Å². The summed E-state index contributed by atoms with van der Waals surface area (Å²) in [6.45, 7) is 12.5. The summed E-state index contributed by atoms with van der Waals surface area (Å²) in [4.78, 5) is 0.392. The third-order valence-electron chi connectivity index (χ3n) is 6.33. The van der Waals surface area contributed by atoms with Crippen LogP contribution in [0.15, 0.2) is 77.7 Å². The van der Waals surface area contributed by atoms with E-state index in [0.717, 1.165) is 27.8 Å². The van der Waals surface area contributed by atoms with Gasteiger partial charge in [0.2, 0.25) is 10.0 Å². The van der Waals surface area contributed by atoms with Crippen LogP contribution in [0.2, 0.25) is 0 Å². The lowest BCUT2D eigenvalue weighted by Crippen LogP contribution is -2.37. The van der Waals surface area contributed by atoms with E-state index in [9.17, 15) is 8.42 Å². The van der Waals surface area contributed by atoms with Crippen molar-refractivity contribution < 1.29 is 8.42 Å². The van der Waals surface area contributed by atoms with E-state index in [4.69, 9.17) is 5.73 Å². The van der Waals surface area contributed by atoms with Crippen molar-refractivity contribution in [2.75, 3.05) is 0 Å². The Morgan fingerprint density at radius 3 is 1.50 bits per heavy atom. The summed E-state index contributed by atoms with van der Waals surface area (Å²) >= 11 is 0. The summed E-state index contributed by atoms with van der Waals surface area (Å²) in [7, 11) is -3.88. The molecule has 0 amide bonds. The lowest BCUT2D eigenvalue weighted by atomic mass is 9.89. The van der Waals surface area contributed by atoms with Crippen LogP contribution in [0, 0.1) is 0 Å². The average molecular weight is 479 g/mol. The third-order valence-corrected chi connectivity index (χ3v) is 7.91. The van der Waals surface area contributed by atoms with Crippen molar-refractivity contribution in [3.8, 4) is 0 Å². The first kappa shape index (κ1) is 26.1. The van der Waals surface area contributed by atoms with Gasteiger partial charge < -0.3 is 5.73 Å². The van der Waals surface area contributed by atoms with Crippen molar-refractivity contribution in [1.82, 2.24) is 4.72 Å². The van der Waals surface area contributed by atoms with Gasteiger partial charge in [-0.25, -0.2) is 13.1 Å². The van der Waals surface area contributed by atoms with Crippen LogP contribution < -0.4 is 10.5 Å². The summed E-state index contributed by atoms with van der Waals surface area (Å²) in [6.07, 6.45) is 0. The van der Waals surface area contributed by atoms with Gasteiger partial charge in [-0.2, -0.15) is 0 Å². The molecule has 2 atom stereocenters. The molecule has 34 heavy (non-hydrogen) atoms. The Bertz CT molecular complexity index is 1160. The molecule has 3 aromatic rings. The minimum Gasteiger partial charge on any atom is -0.322 e. The molecule has 0 spiro atoms. The Morgan fingerprint density at radius 2 is 1.09 bits per heavy atom. The third kappa shape index (κ3) is 5.77. The molecule has 0 bridgehead atoms. The highest BCUT2D eigenvalue weighted by atomic mass is 32.2. The first-order valence-corrected chi connectivity index (χ1v) is 13.6. The van der Waals surface area contributed by atoms with Crippen molar-refractivity contribution in [3.63, 3.8) is 0 Å². The number of benzene rings is 3. The Hall–Kier alpha value is -2.47. The molecule has 182 valence electrons. The highest BCUT2D eigenvalue weighted by molar-refractivity contribution is 7.89. The van der Waals surface area contributed by atoms with Gasteiger partial charge in [-0.15, -0.1) is 0 Å². The molecule has 0 unspecified atom stereocenters. The van der Waals surface area contributed by atoms with Gasteiger partial charge in [0.15, 0.2) is 0 Å². The lowest BCUT2D eigenvalue weighted by Gasteiger charge is -2.28. The summed E-state index contributed by atoms with van der Waals surface area (Å²) in [5.74, 6) is 0.421. The maximum absolute atomic E-state index is 14.1. The van der Waals surface area contributed by atoms with Crippen molar-refractivity contribution in [1.29, 1.82) is 0 Å². The van der Waals surface area contributed by atoms with Crippen LogP contribution in [0.1, 0.15) is 99.2 Å². The van der Waals surface area contributed by atoms with Gasteiger partial charge in [0, 0.05) is 0 Å². The Morgan fingerprint density at radius 1 is 0.647 bits per heavy atom. The fraction of sp³-hybridized carbons (Fsp3) is 0.379. The van der Waals surface area contributed by atoms with E-state index < -0.39 is 22.1 Å². The zero-order valence-corrected chi connectivity index (χ0v) is 21.9. The van der Waals surface area contributed by atoms with Crippen LogP contribution in [0.5, 0.6) is 0 Å². The standard InChI is InChI=1S/C29H38N2O2S/c1-19(2)24-17-25(20(3)4)29(26(18-24)21(5)6)34(32,33)31-28(23-15-11-8-12-16-23)27(30)22-13-9-7-10-14-22/h7-21,27-28,31H,30H2,1-6H3/t27-,28-/m1/s1. The SMILES string of the molecule is CC(C)c1cc(C(C)C)c(S(=O)(=O)N[C@H](c2ccccc2)[C@H](N)c2ccccc2)c(C(C)C)c1. The molecule has 3 rings (SSSR count).